The van der Waals surface area contributed by atoms with Crippen molar-refractivity contribution in [2.45, 2.75) is 19.4 Å². The third kappa shape index (κ3) is 4.34. The molecule has 0 heterocycles. The van der Waals surface area contributed by atoms with Crippen molar-refractivity contribution in [1.82, 2.24) is 5.32 Å². The molecule has 0 aliphatic carbocycles. The van der Waals surface area contributed by atoms with Gasteiger partial charge in [0.1, 0.15) is 0 Å². The van der Waals surface area contributed by atoms with Crippen LogP contribution in [-0.2, 0) is 6.42 Å². The molecule has 0 aliphatic heterocycles. The van der Waals surface area contributed by atoms with E-state index in [9.17, 15) is 4.79 Å². The molecule has 0 saturated carbocycles. The van der Waals surface area contributed by atoms with Gasteiger partial charge in [-0.15, -0.1) is 0 Å². The second kappa shape index (κ2) is 6.92. The molecule has 2 aromatic carbocycles. The topological polar surface area (TPSA) is 52.9 Å². The van der Waals surface area contributed by atoms with Crippen molar-refractivity contribution >= 4 is 17.5 Å². The van der Waals surface area contributed by atoms with Gasteiger partial charge in [-0.1, -0.05) is 23.7 Å². The fourth-order valence-corrected chi connectivity index (χ4v) is 2.28. The van der Waals surface area contributed by atoms with Crippen LogP contribution in [0, 0.1) is 11.3 Å². The van der Waals surface area contributed by atoms with E-state index in [0.29, 0.717) is 22.6 Å². The third-order valence-corrected chi connectivity index (χ3v) is 3.32. The van der Waals surface area contributed by atoms with Crippen molar-refractivity contribution in [3.63, 3.8) is 0 Å². The van der Waals surface area contributed by atoms with E-state index in [1.54, 1.807) is 24.3 Å². The lowest BCUT2D eigenvalue weighted by molar-refractivity contribution is 0.0940. The zero-order valence-corrected chi connectivity index (χ0v) is 12.4. The van der Waals surface area contributed by atoms with E-state index in [1.165, 1.54) is 0 Å². The number of carbonyl (C=O) groups is 1. The quantitative estimate of drug-likeness (QED) is 0.938. The normalized spacial score (nSPS) is 11.5. The van der Waals surface area contributed by atoms with Gasteiger partial charge in [0.2, 0.25) is 0 Å². The number of rotatable bonds is 4. The number of nitrogens with zero attached hydrogens (tertiary/aromatic N) is 1. The standard InChI is InChI=1S/C17H15ClN2O/c1-12(9-14-3-2-4-16(18)10-14)20-17(21)15-7-5-13(11-19)6-8-15/h2-8,10,12H,9H2,1H3,(H,20,21)/t12-/m0/s1. The van der Waals surface area contributed by atoms with Gasteiger partial charge >= 0.3 is 0 Å². The van der Waals surface area contributed by atoms with Crippen LogP contribution >= 0.6 is 11.6 Å². The molecular weight excluding hydrogens is 284 g/mol. The molecule has 2 rings (SSSR count). The molecule has 1 atom stereocenters. The molecule has 106 valence electrons. The maximum absolute atomic E-state index is 12.1. The Bertz CT molecular complexity index is 674. The summed E-state index contributed by atoms with van der Waals surface area (Å²) < 4.78 is 0. The minimum Gasteiger partial charge on any atom is -0.349 e. The highest BCUT2D eigenvalue weighted by atomic mass is 35.5. The van der Waals surface area contributed by atoms with Crippen molar-refractivity contribution in [3.05, 3.63) is 70.2 Å². The van der Waals surface area contributed by atoms with Gasteiger partial charge in [0.25, 0.3) is 5.91 Å². The van der Waals surface area contributed by atoms with Crippen molar-refractivity contribution in [2.75, 3.05) is 0 Å². The molecule has 4 heteroatoms. The second-order valence-electron chi connectivity index (χ2n) is 4.90. The molecule has 3 nitrogen and oxygen atoms in total. The summed E-state index contributed by atoms with van der Waals surface area (Å²) in [6.07, 6.45) is 0.711. The van der Waals surface area contributed by atoms with E-state index >= 15 is 0 Å². The molecule has 2 aromatic rings. The highest BCUT2D eigenvalue weighted by molar-refractivity contribution is 6.30. The molecule has 0 fully saturated rings. The van der Waals surface area contributed by atoms with Gasteiger partial charge in [-0.3, -0.25) is 4.79 Å². The molecule has 0 unspecified atom stereocenters. The Morgan fingerprint density at radius 2 is 2.00 bits per heavy atom. The monoisotopic (exact) mass is 298 g/mol. The third-order valence-electron chi connectivity index (χ3n) is 3.08. The van der Waals surface area contributed by atoms with Gasteiger partial charge in [-0.2, -0.15) is 5.26 Å². The van der Waals surface area contributed by atoms with E-state index in [4.69, 9.17) is 16.9 Å². The van der Waals surface area contributed by atoms with Crippen LogP contribution in [0.25, 0.3) is 0 Å². The Hall–Kier alpha value is -2.31. The predicted molar refractivity (Wildman–Crippen MR) is 83.2 cm³/mol. The van der Waals surface area contributed by atoms with Gasteiger partial charge in [0.15, 0.2) is 0 Å². The lowest BCUT2D eigenvalue weighted by Gasteiger charge is -2.14. The molecule has 1 amide bonds. The Kier molecular flexibility index (Phi) is 4.97. The molecule has 0 saturated heterocycles. The lowest BCUT2D eigenvalue weighted by Crippen LogP contribution is -2.34. The van der Waals surface area contributed by atoms with E-state index < -0.39 is 0 Å². The van der Waals surface area contributed by atoms with Gasteiger partial charge in [-0.05, 0) is 55.3 Å². The number of halogens is 1. The maximum Gasteiger partial charge on any atom is 0.251 e. The zero-order chi connectivity index (χ0) is 15.2. The molecule has 1 N–H and O–H groups in total. The number of benzene rings is 2. The summed E-state index contributed by atoms with van der Waals surface area (Å²) in [6.45, 7) is 1.95. The Morgan fingerprint density at radius 3 is 2.62 bits per heavy atom. The molecule has 0 radical (unpaired) electrons. The van der Waals surface area contributed by atoms with E-state index in [1.807, 2.05) is 37.3 Å². The molecule has 0 bridgehead atoms. The first-order chi connectivity index (χ1) is 10.1. The van der Waals surface area contributed by atoms with Crippen LogP contribution < -0.4 is 5.32 Å². The fraction of sp³-hybridized carbons (Fsp3) is 0.176. The lowest BCUT2D eigenvalue weighted by atomic mass is 10.1. The average Bonchev–Trinajstić information content (AvgIpc) is 2.47. The van der Waals surface area contributed by atoms with Crippen LogP contribution in [0.2, 0.25) is 5.02 Å². The Labute approximate surface area is 129 Å². The van der Waals surface area contributed by atoms with Crippen LogP contribution in [0.4, 0.5) is 0 Å². The molecule has 0 spiro atoms. The van der Waals surface area contributed by atoms with Crippen LogP contribution in [0.3, 0.4) is 0 Å². The minimum atomic E-state index is -0.144. The summed E-state index contributed by atoms with van der Waals surface area (Å²) in [5.41, 5.74) is 2.17. The first-order valence-electron chi connectivity index (χ1n) is 6.64. The number of nitriles is 1. The van der Waals surface area contributed by atoms with E-state index in [-0.39, 0.29) is 11.9 Å². The SMILES string of the molecule is C[C@@H](Cc1cccc(Cl)c1)NC(=O)c1ccc(C#N)cc1. The summed E-state index contributed by atoms with van der Waals surface area (Å²) in [4.78, 5) is 12.1. The van der Waals surface area contributed by atoms with Gasteiger partial charge in [0, 0.05) is 16.6 Å². The van der Waals surface area contributed by atoms with E-state index in [0.717, 1.165) is 5.56 Å². The van der Waals surface area contributed by atoms with Gasteiger partial charge in [0.05, 0.1) is 11.6 Å². The number of hydrogen-bond acceptors (Lipinski definition) is 2. The van der Waals surface area contributed by atoms with Crippen LogP contribution in [0.1, 0.15) is 28.4 Å². The van der Waals surface area contributed by atoms with Gasteiger partial charge < -0.3 is 5.32 Å². The van der Waals surface area contributed by atoms with Crippen molar-refractivity contribution < 1.29 is 4.79 Å². The maximum atomic E-state index is 12.1. The fourth-order valence-electron chi connectivity index (χ4n) is 2.07. The zero-order valence-electron chi connectivity index (χ0n) is 11.6. The number of hydrogen-bond donors (Lipinski definition) is 1. The van der Waals surface area contributed by atoms with Crippen LogP contribution in [0.15, 0.2) is 48.5 Å². The molecule has 0 aromatic heterocycles. The molecular formula is C17H15ClN2O. The first-order valence-corrected chi connectivity index (χ1v) is 7.02. The first kappa shape index (κ1) is 15.1. The number of amides is 1. The highest BCUT2D eigenvalue weighted by Crippen LogP contribution is 2.12. The number of carbonyl (C=O) groups excluding carboxylic acids is 1. The summed E-state index contributed by atoms with van der Waals surface area (Å²) in [5.74, 6) is -0.144. The number of nitrogens with one attached hydrogen (secondary N) is 1. The van der Waals surface area contributed by atoms with Crippen molar-refractivity contribution in [3.8, 4) is 6.07 Å². The highest BCUT2D eigenvalue weighted by Gasteiger charge is 2.10. The summed E-state index contributed by atoms with van der Waals surface area (Å²) >= 11 is 5.94. The Morgan fingerprint density at radius 1 is 1.29 bits per heavy atom. The Balaban J connectivity index is 1.97. The van der Waals surface area contributed by atoms with Crippen LogP contribution in [-0.4, -0.2) is 11.9 Å². The molecule has 0 aliphatic rings. The summed E-state index contributed by atoms with van der Waals surface area (Å²) in [7, 11) is 0. The van der Waals surface area contributed by atoms with Crippen LogP contribution in [0.5, 0.6) is 0 Å². The second-order valence-corrected chi connectivity index (χ2v) is 5.33. The molecule has 21 heavy (non-hydrogen) atoms. The van der Waals surface area contributed by atoms with Crippen molar-refractivity contribution in [1.29, 1.82) is 5.26 Å². The summed E-state index contributed by atoms with van der Waals surface area (Å²) in [6, 6.07) is 16.2. The largest absolute Gasteiger partial charge is 0.349 e. The summed E-state index contributed by atoms with van der Waals surface area (Å²) in [5, 5.41) is 12.4. The smallest absolute Gasteiger partial charge is 0.251 e. The van der Waals surface area contributed by atoms with E-state index in [2.05, 4.69) is 5.32 Å². The van der Waals surface area contributed by atoms with Crippen molar-refractivity contribution in [2.24, 2.45) is 0 Å². The average molecular weight is 299 g/mol. The minimum absolute atomic E-state index is 0.00777. The predicted octanol–water partition coefficient (Wildman–Crippen LogP) is 3.57. The van der Waals surface area contributed by atoms with Gasteiger partial charge in [-0.25, -0.2) is 0 Å².